The Morgan fingerprint density at radius 3 is 3.00 bits per heavy atom. The van der Waals surface area contributed by atoms with E-state index in [0.29, 0.717) is 22.5 Å². The van der Waals surface area contributed by atoms with Crippen LogP contribution in [-0.4, -0.2) is 15.9 Å². The van der Waals surface area contributed by atoms with Crippen LogP contribution in [0.4, 0.5) is 0 Å². The van der Waals surface area contributed by atoms with Crippen molar-refractivity contribution in [2.24, 2.45) is 5.10 Å². The largest absolute Gasteiger partial charge is 0.463 e. The summed E-state index contributed by atoms with van der Waals surface area (Å²) in [6, 6.07) is 8.91. The van der Waals surface area contributed by atoms with E-state index < -0.39 is 0 Å². The number of aromatic nitrogens is 2. The summed E-state index contributed by atoms with van der Waals surface area (Å²) in [5.74, 6) is 1.10. The van der Waals surface area contributed by atoms with Gasteiger partial charge in [-0.25, -0.2) is 4.98 Å². The fourth-order valence-electron chi connectivity index (χ4n) is 1.88. The first-order valence-corrected chi connectivity index (χ1v) is 6.71. The molecule has 6 heteroatoms. The van der Waals surface area contributed by atoms with Gasteiger partial charge in [0.25, 0.3) is 5.56 Å². The van der Waals surface area contributed by atoms with Gasteiger partial charge in [0.05, 0.1) is 23.4 Å². The lowest BCUT2D eigenvalue weighted by Crippen LogP contribution is -2.20. The van der Waals surface area contributed by atoms with Gasteiger partial charge in [-0.15, -0.1) is 0 Å². The van der Waals surface area contributed by atoms with Crippen LogP contribution < -0.4 is 5.56 Å². The van der Waals surface area contributed by atoms with Gasteiger partial charge in [-0.05, 0) is 37.3 Å². The molecule has 0 aliphatic carbocycles. The van der Waals surface area contributed by atoms with Gasteiger partial charge in [0.1, 0.15) is 11.6 Å². The quantitative estimate of drug-likeness (QED) is 0.678. The molecule has 0 atom stereocenters. The molecule has 0 saturated carbocycles. The molecule has 0 spiro atoms. The molecule has 3 rings (SSSR count). The maximum Gasteiger partial charge on any atom is 0.282 e. The number of fused-ring (bicyclic) bond motifs is 1. The third kappa shape index (κ3) is 2.30. The number of hydrogen-bond acceptors (Lipinski definition) is 4. The molecule has 1 aromatic carbocycles. The second-order valence-electron chi connectivity index (χ2n) is 4.20. The first-order chi connectivity index (χ1) is 9.65. The number of hydrogen-bond donors (Lipinski definition) is 0. The van der Waals surface area contributed by atoms with Gasteiger partial charge in [0.2, 0.25) is 0 Å². The molecule has 0 amide bonds. The molecule has 0 radical (unpaired) electrons. The first kappa shape index (κ1) is 12.8. The van der Waals surface area contributed by atoms with Crippen LogP contribution in [0.3, 0.4) is 0 Å². The second kappa shape index (κ2) is 5.05. The number of halogens is 1. The molecule has 100 valence electrons. The van der Waals surface area contributed by atoms with Crippen molar-refractivity contribution in [1.29, 1.82) is 0 Å². The molecule has 20 heavy (non-hydrogen) atoms. The van der Waals surface area contributed by atoms with E-state index in [1.54, 1.807) is 37.5 Å². The maximum absolute atomic E-state index is 12.4. The van der Waals surface area contributed by atoms with Gasteiger partial charge in [-0.1, -0.05) is 15.9 Å². The Morgan fingerprint density at radius 2 is 2.25 bits per heavy atom. The van der Waals surface area contributed by atoms with Crippen LogP contribution in [0.1, 0.15) is 11.6 Å². The molecule has 0 aliphatic rings. The van der Waals surface area contributed by atoms with Crippen molar-refractivity contribution in [2.75, 3.05) is 0 Å². The van der Waals surface area contributed by atoms with Gasteiger partial charge in [-0.2, -0.15) is 9.78 Å². The first-order valence-electron chi connectivity index (χ1n) is 5.92. The molecule has 0 unspecified atom stereocenters. The predicted octanol–water partition coefficient (Wildman–Crippen LogP) is 2.94. The third-order valence-corrected chi connectivity index (χ3v) is 3.31. The van der Waals surface area contributed by atoms with Crippen LogP contribution in [0.5, 0.6) is 0 Å². The van der Waals surface area contributed by atoms with Gasteiger partial charge in [-0.3, -0.25) is 4.79 Å². The summed E-state index contributed by atoms with van der Waals surface area (Å²) in [6.07, 6.45) is 3.03. The number of benzene rings is 1. The van der Waals surface area contributed by atoms with E-state index in [4.69, 9.17) is 4.42 Å². The summed E-state index contributed by atoms with van der Waals surface area (Å²) >= 11 is 3.35. The van der Waals surface area contributed by atoms with E-state index in [-0.39, 0.29) is 5.56 Å². The zero-order valence-corrected chi connectivity index (χ0v) is 12.2. The summed E-state index contributed by atoms with van der Waals surface area (Å²) in [7, 11) is 0. The summed E-state index contributed by atoms with van der Waals surface area (Å²) < 4.78 is 7.24. The van der Waals surface area contributed by atoms with Crippen LogP contribution >= 0.6 is 15.9 Å². The lowest BCUT2D eigenvalue weighted by Gasteiger charge is -2.05. The molecule has 0 bridgehead atoms. The maximum atomic E-state index is 12.4. The Balaban J connectivity index is 2.18. The van der Waals surface area contributed by atoms with Crippen molar-refractivity contribution in [1.82, 2.24) is 9.66 Å². The Kier molecular flexibility index (Phi) is 3.23. The van der Waals surface area contributed by atoms with Crippen molar-refractivity contribution in [3.05, 3.63) is 63.0 Å². The topological polar surface area (TPSA) is 60.4 Å². The minimum absolute atomic E-state index is 0.211. The van der Waals surface area contributed by atoms with Crippen LogP contribution in [0.25, 0.3) is 10.9 Å². The van der Waals surface area contributed by atoms with E-state index in [9.17, 15) is 4.79 Å². The van der Waals surface area contributed by atoms with Crippen LogP contribution in [-0.2, 0) is 0 Å². The second-order valence-corrected chi connectivity index (χ2v) is 5.11. The fraction of sp³-hybridized carbons (Fsp3) is 0.0714. The molecule has 3 aromatic rings. The molecular weight excluding hydrogens is 322 g/mol. The lowest BCUT2D eigenvalue weighted by atomic mass is 10.2. The molecule has 0 N–H and O–H groups in total. The van der Waals surface area contributed by atoms with E-state index in [1.807, 2.05) is 6.07 Å². The van der Waals surface area contributed by atoms with E-state index in [1.165, 1.54) is 10.9 Å². The van der Waals surface area contributed by atoms with Crippen molar-refractivity contribution in [3.63, 3.8) is 0 Å². The minimum atomic E-state index is -0.211. The Morgan fingerprint density at radius 1 is 1.40 bits per heavy atom. The highest BCUT2D eigenvalue weighted by atomic mass is 79.9. The summed E-state index contributed by atoms with van der Waals surface area (Å²) in [5, 5.41) is 4.65. The third-order valence-electron chi connectivity index (χ3n) is 2.81. The highest BCUT2D eigenvalue weighted by molar-refractivity contribution is 9.10. The number of rotatable bonds is 2. The van der Waals surface area contributed by atoms with Gasteiger partial charge in [0, 0.05) is 4.47 Å². The zero-order chi connectivity index (χ0) is 14.1. The molecular formula is C14H10BrN3O2. The average molecular weight is 332 g/mol. The van der Waals surface area contributed by atoms with Crippen LogP contribution in [0, 0.1) is 6.92 Å². The van der Waals surface area contributed by atoms with Crippen LogP contribution in [0.2, 0.25) is 0 Å². The zero-order valence-electron chi connectivity index (χ0n) is 10.6. The lowest BCUT2D eigenvalue weighted by molar-refractivity contribution is 0.559. The molecule has 0 fully saturated rings. The van der Waals surface area contributed by atoms with E-state index >= 15 is 0 Å². The Bertz CT molecular complexity index is 851. The standard InChI is InChI=1S/C14H10BrN3O2/c1-9-17-13-5-4-10(15)7-12(13)14(19)18(9)16-8-11-3-2-6-20-11/h2-8H,1H3. The Hall–Kier alpha value is -2.21. The summed E-state index contributed by atoms with van der Waals surface area (Å²) in [5.41, 5.74) is 0.441. The highest BCUT2D eigenvalue weighted by Crippen LogP contribution is 2.15. The van der Waals surface area contributed by atoms with Crippen molar-refractivity contribution in [3.8, 4) is 0 Å². The minimum Gasteiger partial charge on any atom is -0.463 e. The molecule has 0 aliphatic heterocycles. The monoisotopic (exact) mass is 331 g/mol. The SMILES string of the molecule is Cc1nc2ccc(Br)cc2c(=O)n1N=Cc1ccco1. The Labute approximate surface area is 122 Å². The van der Waals surface area contributed by atoms with Gasteiger partial charge < -0.3 is 4.42 Å². The number of nitrogens with zero attached hydrogens (tertiary/aromatic N) is 3. The molecule has 0 saturated heterocycles. The summed E-state index contributed by atoms with van der Waals surface area (Å²) in [4.78, 5) is 16.8. The van der Waals surface area contributed by atoms with Crippen molar-refractivity contribution < 1.29 is 4.42 Å². The molecule has 2 aromatic heterocycles. The fourth-order valence-corrected chi connectivity index (χ4v) is 2.24. The number of aryl methyl sites for hydroxylation is 1. The van der Waals surface area contributed by atoms with Crippen molar-refractivity contribution >= 4 is 33.0 Å². The predicted molar refractivity (Wildman–Crippen MR) is 80.1 cm³/mol. The molecule has 5 nitrogen and oxygen atoms in total. The smallest absolute Gasteiger partial charge is 0.282 e. The van der Waals surface area contributed by atoms with Crippen LogP contribution in [0.15, 0.2) is 55.4 Å². The normalized spacial score (nSPS) is 11.5. The van der Waals surface area contributed by atoms with E-state index in [0.717, 1.165) is 4.47 Å². The number of furan rings is 1. The van der Waals surface area contributed by atoms with Gasteiger partial charge >= 0.3 is 0 Å². The average Bonchev–Trinajstić information content (AvgIpc) is 2.93. The molecule has 2 heterocycles. The van der Waals surface area contributed by atoms with E-state index in [2.05, 4.69) is 26.0 Å². The van der Waals surface area contributed by atoms with Gasteiger partial charge in [0.15, 0.2) is 0 Å². The highest BCUT2D eigenvalue weighted by Gasteiger charge is 2.07. The summed E-state index contributed by atoms with van der Waals surface area (Å²) in [6.45, 7) is 1.74. The van der Waals surface area contributed by atoms with Crippen molar-refractivity contribution in [2.45, 2.75) is 6.92 Å².